The Kier molecular flexibility index (Phi) is 12.8. The van der Waals surface area contributed by atoms with E-state index >= 15 is 0 Å². The maximum absolute atomic E-state index is 11.3. The minimum atomic E-state index is -0.985. The minimum absolute atomic E-state index is 0.397. The molecule has 0 rings (SSSR count). The number of hydrogen-bond donors (Lipinski definition) is 3. The molecule has 0 aromatic heterocycles. The summed E-state index contributed by atoms with van der Waals surface area (Å²) in [7, 11) is 0. The van der Waals surface area contributed by atoms with Crippen molar-refractivity contribution in [2.45, 2.75) is 70.8 Å². The van der Waals surface area contributed by atoms with Gasteiger partial charge in [0.2, 0.25) is 0 Å². The Bertz CT molecular complexity index is 285. The highest BCUT2D eigenvalue weighted by molar-refractivity contribution is 5.72. The summed E-state index contributed by atoms with van der Waals surface area (Å²) >= 11 is 0. The van der Waals surface area contributed by atoms with Crippen LogP contribution in [-0.2, 0) is 9.53 Å². The predicted molar refractivity (Wildman–Crippen MR) is 82.2 cm³/mol. The van der Waals surface area contributed by atoms with Gasteiger partial charge in [-0.1, -0.05) is 39.0 Å². The van der Waals surface area contributed by atoms with E-state index in [9.17, 15) is 9.59 Å². The Morgan fingerprint density at radius 1 is 1.10 bits per heavy atom. The van der Waals surface area contributed by atoms with Crippen LogP contribution in [0.4, 0.5) is 4.79 Å². The number of nitrogens with one attached hydrogen (secondary N) is 1. The Morgan fingerprint density at radius 3 is 2.43 bits per heavy atom. The zero-order valence-corrected chi connectivity index (χ0v) is 13.1. The Labute approximate surface area is 127 Å². The van der Waals surface area contributed by atoms with Crippen LogP contribution in [0.1, 0.15) is 64.7 Å². The standard InChI is InChI=1S/C15H30N2O4/c1-2-3-4-5-6-9-12-21-15(20)17-11-8-7-10-13(16)14(18)19/h13H,2-12,16H2,1H3,(H,17,20)(H,18,19). The van der Waals surface area contributed by atoms with Crippen LogP contribution in [0.3, 0.4) is 0 Å². The fraction of sp³-hybridized carbons (Fsp3) is 0.867. The molecule has 21 heavy (non-hydrogen) atoms. The average Bonchev–Trinajstić information content (AvgIpc) is 2.45. The van der Waals surface area contributed by atoms with Crippen molar-refractivity contribution in [1.29, 1.82) is 0 Å². The maximum Gasteiger partial charge on any atom is 0.407 e. The lowest BCUT2D eigenvalue weighted by atomic mass is 10.1. The Balaban J connectivity index is 3.29. The number of rotatable bonds is 13. The molecule has 0 bridgehead atoms. The van der Waals surface area contributed by atoms with Crippen molar-refractivity contribution in [2.24, 2.45) is 5.73 Å². The van der Waals surface area contributed by atoms with Crippen molar-refractivity contribution in [3.8, 4) is 0 Å². The first-order valence-electron chi connectivity index (χ1n) is 7.97. The molecule has 0 spiro atoms. The van der Waals surface area contributed by atoms with Gasteiger partial charge in [-0.3, -0.25) is 4.79 Å². The molecule has 0 radical (unpaired) electrons. The largest absolute Gasteiger partial charge is 0.480 e. The van der Waals surface area contributed by atoms with E-state index in [4.69, 9.17) is 15.6 Å². The number of amides is 1. The molecular formula is C15H30N2O4. The van der Waals surface area contributed by atoms with E-state index in [0.29, 0.717) is 32.4 Å². The highest BCUT2D eigenvalue weighted by Gasteiger charge is 2.10. The van der Waals surface area contributed by atoms with E-state index < -0.39 is 18.1 Å². The second kappa shape index (κ2) is 13.7. The lowest BCUT2D eigenvalue weighted by Crippen LogP contribution is -2.30. The number of carboxylic acid groups (broad SMARTS) is 1. The van der Waals surface area contributed by atoms with Crippen LogP contribution in [-0.4, -0.2) is 36.4 Å². The van der Waals surface area contributed by atoms with Crippen molar-refractivity contribution in [1.82, 2.24) is 5.32 Å². The summed E-state index contributed by atoms with van der Waals surface area (Å²) in [6.45, 7) is 3.13. The summed E-state index contributed by atoms with van der Waals surface area (Å²) in [5.74, 6) is -0.985. The van der Waals surface area contributed by atoms with E-state index in [-0.39, 0.29) is 0 Å². The van der Waals surface area contributed by atoms with Crippen LogP contribution in [0.25, 0.3) is 0 Å². The van der Waals surface area contributed by atoms with Crippen molar-refractivity contribution in [3.63, 3.8) is 0 Å². The highest BCUT2D eigenvalue weighted by atomic mass is 16.5. The normalized spacial score (nSPS) is 11.9. The molecular weight excluding hydrogens is 272 g/mol. The van der Waals surface area contributed by atoms with Crippen molar-refractivity contribution in [3.05, 3.63) is 0 Å². The van der Waals surface area contributed by atoms with Gasteiger partial charge in [-0.25, -0.2) is 4.79 Å². The number of ether oxygens (including phenoxy) is 1. The SMILES string of the molecule is CCCCCCCCOC(=O)NCCCCC(N)C(=O)O. The fourth-order valence-corrected chi connectivity index (χ4v) is 1.90. The molecule has 1 unspecified atom stereocenters. The summed E-state index contributed by atoms with van der Waals surface area (Å²) in [5, 5.41) is 11.2. The zero-order valence-electron chi connectivity index (χ0n) is 13.1. The van der Waals surface area contributed by atoms with Crippen LogP contribution in [0, 0.1) is 0 Å². The van der Waals surface area contributed by atoms with Crippen LogP contribution < -0.4 is 11.1 Å². The third-order valence-electron chi connectivity index (χ3n) is 3.26. The van der Waals surface area contributed by atoms with Gasteiger partial charge in [0.05, 0.1) is 6.61 Å². The third kappa shape index (κ3) is 13.4. The molecule has 0 aromatic rings. The summed E-state index contributed by atoms with van der Waals surface area (Å²) in [6.07, 6.45) is 8.35. The second-order valence-corrected chi connectivity index (χ2v) is 5.27. The monoisotopic (exact) mass is 302 g/mol. The van der Waals surface area contributed by atoms with Gasteiger partial charge in [-0.15, -0.1) is 0 Å². The molecule has 0 aromatic carbocycles. The lowest BCUT2D eigenvalue weighted by molar-refractivity contribution is -0.138. The van der Waals surface area contributed by atoms with Crippen LogP contribution in [0.2, 0.25) is 0 Å². The first-order valence-corrected chi connectivity index (χ1v) is 7.97. The molecule has 4 N–H and O–H groups in total. The highest BCUT2D eigenvalue weighted by Crippen LogP contribution is 2.05. The Morgan fingerprint density at radius 2 is 1.76 bits per heavy atom. The number of alkyl carbamates (subject to hydrolysis) is 1. The fourth-order valence-electron chi connectivity index (χ4n) is 1.90. The Hall–Kier alpha value is -1.30. The van der Waals surface area contributed by atoms with Gasteiger partial charge < -0.3 is 20.9 Å². The van der Waals surface area contributed by atoms with Crippen LogP contribution >= 0.6 is 0 Å². The lowest BCUT2D eigenvalue weighted by Gasteiger charge is -2.08. The predicted octanol–water partition coefficient (Wildman–Crippen LogP) is 2.66. The van der Waals surface area contributed by atoms with Crippen LogP contribution in [0.5, 0.6) is 0 Å². The molecule has 6 nitrogen and oxygen atoms in total. The number of nitrogens with two attached hydrogens (primary N) is 1. The molecule has 0 aliphatic carbocycles. The first-order chi connectivity index (χ1) is 10.1. The topological polar surface area (TPSA) is 102 Å². The average molecular weight is 302 g/mol. The number of carbonyl (C=O) groups excluding carboxylic acids is 1. The smallest absolute Gasteiger partial charge is 0.407 e. The van der Waals surface area contributed by atoms with Gasteiger partial charge in [-0.05, 0) is 25.7 Å². The molecule has 124 valence electrons. The number of carbonyl (C=O) groups is 2. The van der Waals surface area contributed by atoms with Gasteiger partial charge in [0.25, 0.3) is 0 Å². The van der Waals surface area contributed by atoms with E-state index in [0.717, 1.165) is 12.8 Å². The summed E-state index contributed by atoms with van der Waals surface area (Å²) in [5.41, 5.74) is 5.37. The van der Waals surface area contributed by atoms with Crippen molar-refractivity contribution in [2.75, 3.05) is 13.2 Å². The molecule has 1 amide bonds. The van der Waals surface area contributed by atoms with Crippen molar-refractivity contribution < 1.29 is 19.4 Å². The van der Waals surface area contributed by atoms with Gasteiger partial charge in [0, 0.05) is 6.54 Å². The van der Waals surface area contributed by atoms with Crippen LogP contribution in [0.15, 0.2) is 0 Å². The maximum atomic E-state index is 11.3. The second-order valence-electron chi connectivity index (χ2n) is 5.27. The summed E-state index contributed by atoms with van der Waals surface area (Å²) in [6, 6.07) is -0.815. The number of carboxylic acids is 1. The quantitative estimate of drug-likeness (QED) is 0.454. The molecule has 0 saturated carbocycles. The zero-order chi connectivity index (χ0) is 15.9. The molecule has 0 heterocycles. The molecule has 0 fully saturated rings. The minimum Gasteiger partial charge on any atom is -0.480 e. The van der Waals surface area contributed by atoms with Gasteiger partial charge in [0.1, 0.15) is 6.04 Å². The van der Waals surface area contributed by atoms with Gasteiger partial charge in [-0.2, -0.15) is 0 Å². The molecule has 1 atom stereocenters. The number of hydrogen-bond acceptors (Lipinski definition) is 4. The number of aliphatic carboxylic acids is 1. The van der Waals surface area contributed by atoms with E-state index in [1.54, 1.807) is 0 Å². The van der Waals surface area contributed by atoms with Crippen molar-refractivity contribution >= 4 is 12.1 Å². The number of unbranched alkanes of at least 4 members (excludes halogenated alkanes) is 6. The molecule has 0 aliphatic heterocycles. The molecule has 0 aliphatic rings. The molecule has 0 saturated heterocycles. The first kappa shape index (κ1) is 19.7. The van der Waals surface area contributed by atoms with Gasteiger partial charge >= 0.3 is 12.1 Å². The summed E-state index contributed by atoms with van der Waals surface area (Å²) < 4.78 is 5.05. The van der Waals surface area contributed by atoms with Gasteiger partial charge in [0.15, 0.2) is 0 Å². The summed E-state index contributed by atoms with van der Waals surface area (Å²) in [4.78, 5) is 21.8. The third-order valence-corrected chi connectivity index (χ3v) is 3.26. The van der Waals surface area contributed by atoms with E-state index in [1.807, 2.05) is 0 Å². The van der Waals surface area contributed by atoms with E-state index in [2.05, 4.69) is 12.2 Å². The molecule has 6 heteroatoms. The van der Waals surface area contributed by atoms with E-state index in [1.165, 1.54) is 25.7 Å².